The van der Waals surface area contributed by atoms with Gasteiger partial charge in [0.05, 0.1) is 6.61 Å². The molecule has 0 aromatic heterocycles. The van der Waals surface area contributed by atoms with Gasteiger partial charge in [0.25, 0.3) is 0 Å². The molecule has 0 bridgehead atoms. The molecule has 82 valence electrons. The van der Waals surface area contributed by atoms with Crippen molar-refractivity contribution in [3.05, 3.63) is 24.3 Å². The summed E-state index contributed by atoms with van der Waals surface area (Å²) in [5.41, 5.74) is 1.07. The van der Waals surface area contributed by atoms with E-state index in [1.807, 2.05) is 19.1 Å². The lowest BCUT2D eigenvalue weighted by Gasteiger charge is -2.35. The van der Waals surface area contributed by atoms with Crippen LogP contribution in [0.15, 0.2) is 24.3 Å². The van der Waals surface area contributed by atoms with Crippen molar-refractivity contribution >= 4 is 8.32 Å². The normalized spacial score (nSPS) is 13.6. The van der Waals surface area contributed by atoms with Crippen molar-refractivity contribution in [3.8, 4) is 0 Å². The van der Waals surface area contributed by atoms with Gasteiger partial charge in [0.15, 0.2) is 8.32 Å². The third kappa shape index (κ3) is 4.77. The van der Waals surface area contributed by atoms with Crippen LogP contribution in [0.1, 0.15) is 27.7 Å². The van der Waals surface area contributed by atoms with Gasteiger partial charge in [0, 0.05) is 0 Å². The molecule has 14 heavy (non-hydrogen) atoms. The van der Waals surface area contributed by atoms with Gasteiger partial charge in [0.1, 0.15) is 0 Å². The highest BCUT2D eigenvalue weighted by Gasteiger charge is 2.36. The number of hydrogen-bond donors (Lipinski definition) is 0. The maximum atomic E-state index is 5.96. The average molecular weight is 212 g/mol. The minimum absolute atomic E-state index is 0.296. The summed E-state index contributed by atoms with van der Waals surface area (Å²) in [5, 5.41) is 0.296. The van der Waals surface area contributed by atoms with E-state index in [4.69, 9.17) is 4.43 Å². The van der Waals surface area contributed by atoms with Gasteiger partial charge in [-0.15, -0.1) is 0 Å². The van der Waals surface area contributed by atoms with Crippen molar-refractivity contribution in [1.82, 2.24) is 0 Å². The molecule has 0 rings (SSSR count). The third-order valence-electron chi connectivity index (χ3n) is 2.75. The van der Waals surface area contributed by atoms with Crippen LogP contribution in [-0.4, -0.2) is 14.9 Å². The van der Waals surface area contributed by atoms with Crippen LogP contribution in [0.4, 0.5) is 0 Å². The highest BCUT2D eigenvalue weighted by Crippen LogP contribution is 2.36. The van der Waals surface area contributed by atoms with Crippen LogP contribution in [0.3, 0.4) is 0 Å². The summed E-state index contributed by atoms with van der Waals surface area (Å²) in [5.74, 6) is 0. The van der Waals surface area contributed by atoms with E-state index in [2.05, 4.69) is 40.4 Å². The molecule has 2 heteroatoms. The number of allylic oxidation sites excluding steroid dienone is 2. The van der Waals surface area contributed by atoms with Crippen molar-refractivity contribution in [2.75, 3.05) is 6.61 Å². The van der Waals surface area contributed by atoms with Gasteiger partial charge in [-0.05, 0) is 25.1 Å². The molecule has 0 saturated carbocycles. The predicted molar refractivity (Wildman–Crippen MR) is 67.1 cm³/mol. The maximum Gasteiger partial charge on any atom is 0.192 e. The highest BCUT2D eigenvalue weighted by molar-refractivity contribution is 6.74. The lowest BCUT2D eigenvalue weighted by molar-refractivity contribution is 0.328. The quantitative estimate of drug-likeness (QED) is 0.503. The van der Waals surface area contributed by atoms with E-state index in [-0.39, 0.29) is 0 Å². The Balaban J connectivity index is 4.07. The molecule has 0 spiro atoms. The Kier molecular flexibility index (Phi) is 4.82. The Labute approximate surface area is 90.0 Å². The molecule has 0 unspecified atom stereocenters. The first-order chi connectivity index (χ1) is 6.17. The zero-order valence-corrected chi connectivity index (χ0v) is 11.5. The molecule has 0 saturated heterocycles. The molecule has 0 atom stereocenters. The van der Waals surface area contributed by atoms with Gasteiger partial charge in [-0.25, -0.2) is 0 Å². The molecule has 0 aliphatic heterocycles. The van der Waals surface area contributed by atoms with Crippen molar-refractivity contribution in [3.63, 3.8) is 0 Å². The minimum atomic E-state index is -1.56. The Morgan fingerprint density at radius 3 is 2.21 bits per heavy atom. The minimum Gasteiger partial charge on any atom is -0.413 e. The highest BCUT2D eigenvalue weighted by atomic mass is 28.4. The molecule has 0 amide bonds. The summed E-state index contributed by atoms with van der Waals surface area (Å²) in [6.07, 6.45) is 4.05. The smallest absolute Gasteiger partial charge is 0.192 e. The number of rotatable bonds is 4. The van der Waals surface area contributed by atoms with E-state index in [1.54, 1.807) is 0 Å². The molecule has 0 N–H and O–H groups in total. The molecule has 0 fully saturated rings. The van der Waals surface area contributed by atoms with Crippen LogP contribution in [0, 0.1) is 0 Å². The van der Waals surface area contributed by atoms with E-state index < -0.39 is 8.32 Å². The van der Waals surface area contributed by atoms with Gasteiger partial charge < -0.3 is 4.43 Å². The van der Waals surface area contributed by atoms with Crippen LogP contribution < -0.4 is 0 Å². The predicted octanol–water partition coefficient (Wildman–Crippen LogP) is 4.14. The molecule has 0 aliphatic carbocycles. The van der Waals surface area contributed by atoms with E-state index in [9.17, 15) is 0 Å². The molecule has 0 aromatic rings. The van der Waals surface area contributed by atoms with Gasteiger partial charge >= 0.3 is 0 Å². The fourth-order valence-electron chi connectivity index (χ4n) is 0.722. The summed E-state index contributed by atoms with van der Waals surface area (Å²) in [4.78, 5) is 0. The molecule has 0 aliphatic rings. The second-order valence-corrected chi connectivity index (χ2v) is 10.1. The second kappa shape index (κ2) is 4.94. The molecule has 0 aromatic carbocycles. The summed E-state index contributed by atoms with van der Waals surface area (Å²) < 4.78 is 5.96. The summed E-state index contributed by atoms with van der Waals surface area (Å²) >= 11 is 0. The summed E-state index contributed by atoms with van der Waals surface area (Å²) in [6, 6.07) is 0. The van der Waals surface area contributed by atoms with Gasteiger partial charge in [-0.1, -0.05) is 45.1 Å². The van der Waals surface area contributed by atoms with E-state index in [0.717, 1.165) is 5.57 Å². The van der Waals surface area contributed by atoms with Crippen LogP contribution in [0.5, 0.6) is 0 Å². The number of hydrogen-bond acceptors (Lipinski definition) is 1. The lowest BCUT2D eigenvalue weighted by atomic mass is 10.2. The molecular formula is C12H24OSi. The van der Waals surface area contributed by atoms with Gasteiger partial charge in [0.2, 0.25) is 0 Å². The van der Waals surface area contributed by atoms with Crippen LogP contribution in [0.25, 0.3) is 0 Å². The standard InChI is InChI=1S/C12H24OSi/c1-11(2)9-8-10-13-14(6,7)12(3,4)5/h8-9H,1,10H2,2-7H3/b9-8+. The zero-order valence-electron chi connectivity index (χ0n) is 10.5. The van der Waals surface area contributed by atoms with Crippen LogP contribution >= 0.6 is 0 Å². The monoisotopic (exact) mass is 212 g/mol. The fraction of sp³-hybridized carbons (Fsp3) is 0.667. The van der Waals surface area contributed by atoms with Gasteiger partial charge in [-0.2, -0.15) is 0 Å². The molecule has 0 heterocycles. The molecular weight excluding hydrogens is 188 g/mol. The summed E-state index contributed by atoms with van der Waals surface area (Å²) in [6.45, 7) is 17.8. The van der Waals surface area contributed by atoms with Crippen molar-refractivity contribution < 1.29 is 4.43 Å². The summed E-state index contributed by atoms with van der Waals surface area (Å²) in [7, 11) is -1.56. The zero-order chi connectivity index (χ0) is 11.4. The lowest BCUT2D eigenvalue weighted by Crippen LogP contribution is -2.40. The second-order valence-electron chi connectivity index (χ2n) is 5.32. The first-order valence-electron chi connectivity index (χ1n) is 5.13. The first-order valence-corrected chi connectivity index (χ1v) is 8.03. The van der Waals surface area contributed by atoms with Crippen molar-refractivity contribution in [2.45, 2.75) is 45.8 Å². The Morgan fingerprint density at radius 1 is 1.36 bits per heavy atom. The third-order valence-corrected chi connectivity index (χ3v) is 7.25. The molecule has 1 nitrogen and oxygen atoms in total. The SMILES string of the molecule is C=C(C)/C=C/CO[Si](C)(C)C(C)(C)C. The largest absolute Gasteiger partial charge is 0.413 e. The van der Waals surface area contributed by atoms with E-state index >= 15 is 0 Å². The van der Waals surface area contributed by atoms with E-state index in [0.29, 0.717) is 11.6 Å². The van der Waals surface area contributed by atoms with Crippen LogP contribution in [-0.2, 0) is 4.43 Å². The fourth-order valence-corrected chi connectivity index (χ4v) is 1.67. The average Bonchev–Trinajstić information content (AvgIpc) is 1.95. The first kappa shape index (κ1) is 13.7. The van der Waals surface area contributed by atoms with Crippen LogP contribution in [0.2, 0.25) is 18.1 Å². The topological polar surface area (TPSA) is 9.23 Å². The molecule has 0 radical (unpaired) electrons. The Morgan fingerprint density at radius 2 is 1.86 bits per heavy atom. The maximum absolute atomic E-state index is 5.96. The van der Waals surface area contributed by atoms with Gasteiger partial charge in [-0.3, -0.25) is 0 Å². The Bertz CT molecular complexity index is 221. The van der Waals surface area contributed by atoms with Crippen molar-refractivity contribution in [2.24, 2.45) is 0 Å². The van der Waals surface area contributed by atoms with Crippen molar-refractivity contribution in [1.29, 1.82) is 0 Å². The van der Waals surface area contributed by atoms with E-state index in [1.165, 1.54) is 0 Å². The Hall–Kier alpha value is -0.343.